The summed E-state index contributed by atoms with van der Waals surface area (Å²) in [6, 6.07) is 7.04. The molecule has 7 nitrogen and oxygen atoms in total. The van der Waals surface area contributed by atoms with Gasteiger partial charge in [0.15, 0.2) is 0 Å². The predicted octanol–water partition coefficient (Wildman–Crippen LogP) is 0.747. The smallest absolute Gasteiger partial charge is 0.285 e. The molecule has 138 valence electrons. The third-order valence-electron chi connectivity index (χ3n) is 4.30. The minimum atomic E-state index is -3.60. The molecule has 1 amide bonds. The number of halogens is 1. The van der Waals surface area contributed by atoms with E-state index in [-0.39, 0.29) is 29.3 Å². The largest absolute Gasteiger partial charge is 0.358 e. The minimum Gasteiger partial charge on any atom is -0.358 e. The molecule has 2 N–H and O–H groups in total. The molecule has 3 rings (SSSR count). The number of fused-ring (bicyclic) bond motifs is 1. The van der Waals surface area contributed by atoms with Gasteiger partial charge in [0, 0.05) is 38.2 Å². The molecule has 2 aliphatic heterocycles. The van der Waals surface area contributed by atoms with Crippen molar-refractivity contribution < 1.29 is 13.2 Å². The molecular formula is C16H23ClN4O3S. The highest BCUT2D eigenvalue weighted by Crippen LogP contribution is 2.26. The van der Waals surface area contributed by atoms with Crippen molar-refractivity contribution >= 4 is 34.2 Å². The van der Waals surface area contributed by atoms with Crippen molar-refractivity contribution in [3.05, 3.63) is 29.8 Å². The van der Waals surface area contributed by atoms with E-state index >= 15 is 0 Å². The molecule has 0 saturated carbocycles. The standard InChI is InChI=1S/C16H22N4O3S.ClH/c1-20(10-4-7-15(21)18-12-8-9-17-11-12)16-13-5-2-3-6-14(13)24(22,23)19-16;/h2-3,5-6,12,17H,4,7-11H2,1H3,(H,18,21);1H. The summed E-state index contributed by atoms with van der Waals surface area (Å²) in [5, 5.41) is 6.22. The fourth-order valence-electron chi connectivity index (χ4n) is 3.02. The van der Waals surface area contributed by atoms with Gasteiger partial charge in [0.25, 0.3) is 10.0 Å². The number of hydrogen-bond donors (Lipinski definition) is 2. The summed E-state index contributed by atoms with van der Waals surface area (Å²) in [4.78, 5) is 14.0. The number of amides is 1. The van der Waals surface area contributed by atoms with Crippen molar-refractivity contribution in [2.75, 3.05) is 26.7 Å². The average Bonchev–Trinajstić information content (AvgIpc) is 3.14. The first-order valence-electron chi connectivity index (χ1n) is 8.13. The maximum Gasteiger partial charge on any atom is 0.285 e. The Morgan fingerprint density at radius 3 is 2.88 bits per heavy atom. The Morgan fingerprint density at radius 2 is 2.16 bits per heavy atom. The lowest BCUT2D eigenvalue weighted by Crippen LogP contribution is -2.36. The van der Waals surface area contributed by atoms with Gasteiger partial charge in [-0.05, 0) is 31.5 Å². The zero-order valence-corrected chi connectivity index (χ0v) is 15.7. The summed E-state index contributed by atoms with van der Waals surface area (Å²) >= 11 is 0. The minimum absolute atomic E-state index is 0. The Morgan fingerprint density at radius 1 is 1.40 bits per heavy atom. The van der Waals surface area contributed by atoms with E-state index in [0.717, 1.165) is 19.5 Å². The van der Waals surface area contributed by atoms with Crippen LogP contribution < -0.4 is 10.6 Å². The van der Waals surface area contributed by atoms with E-state index in [4.69, 9.17) is 0 Å². The van der Waals surface area contributed by atoms with E-state index in [1.54, 1.807) is 36.2 Å². The first-order chi connectivity index (χ1) is 11.5. The number of carbonyl (C=O) groups excluding carboxylic acids is 1. The van der Waals surface area contributed by atoms with Crippen LogP contribution in [0.25, 0.3) is 0 Å². The monoisotopic (exact) mass is 386 g/mol. The van der Waals surface area contributed by atoms with E-state index in [1.165, 1.54) is 0 Å². The van der Waals surface area contributed by atoms with Crippen LogP contribution in [0, 0.1) is 0 Å². The SMILES string of the molecule is CN(CCCC(=O)NC1CCNC1)C1=NS(=O)(=O)c2ccccc21.Cl. The van der Waals surface area contributed by atoms with Crippen LogP contribution in [0.1, 0.15) is 24.8 Å². The Hall–Kier alpha value is -1.64. The molecule has 1 atom stereocenters. The van der Waals surface area contributed by atoms with Crippen molar-refractivity contribution in [1.29, 1.82) is 0 Å². The predicted molar refractivity (Wildman–Crippen MR) is 98.7 cm³/mol. The molecule has 25 heavy (non-hydrogen) atoms. The number of benzene rings is 1. The highest BCUT2D eigenvalue weighted by atomic mass is 35.5. The molecule has 0 aromatic heterocycles. The highest BCUT2D eigenvalue weighted by molar-refractivity contribution is 7.90. The molecule has 0 aliphatic carbocycles. The van der Waals surface area contributed by atoms with E-state index in [2.05, 4.69) is 15.0 Å². The quantitative estimate of drug-likeness (QED) is 0.779. The van der Waals surface area contributed by atoms with Crippen molar-refractivity contribution in [2.45, 2.75) is 30.2 Å². The van der Waals surface area contributed by atoms with Crippen LogP contribution in [0.5, 0.6) is 0 Å². The summed E-state index contributed by atoms with van der Waals surface area (Å²) in [7, 11) is -1.80. The Bertz CT molecular complexity index is 760. The molecule has 2 heterocycles. The second-order valence-corrected chi connectivity index (χ2v) is 7.74. The van der Waals surface area contributed by atoms with Gasteiger partial charge in [-0.2, -0.15) is 8.42 Å². The lowest BCUT2D eigenvalue weighted by atomic mass is 10.2. The van der Waals surface area contributed by atoms with Gasteiger partial charge < -0.3 is 15.5 Å². The number of hydrogen-bond acceptors (Lipinski definition) is 5. The van der Waals surface area contributed by atoms with Gasteiger partial charge in [0.2, 0.25) is 5.91 Å². The Balaban J connectivity index is 0.00000225. The molecule has 0 bridgehead atoms. The van der Waals surface area contributed by atoms with Crippen LogP contribution in [0.4, 0.5) is 0 Å². The van der Waals surface area contributed by atoms with Gasteiger partial charge in [-0.25, -0.2) is 0 Å². The van der Waals surface area contributed by atoms with Crippen LogP contribution >= 0.6 is 12.4 Å². The number of nitrogens with one attached hydrogen (secondary N) is 2. The second-order valence-electron chi connectivity index (χ2n) is 6.17. The van der Waals surface area contributed by atoms with Crippen LogP contribution in [0.3, 0.4) is 0 Å². The van der Waals surface area contributed by atoms with Crippen LogP contribution in [-0.2, 0) is 14.8 Å². The zero-order chi connectivity index (χ0) is 17.2. The summed E-state index contributed by atoms with van der Waals surface area (Å²) in [5.41, 5.74) is 0.626. The van der Waals surface area contributed by atoms with Crippen LogP contribution in [0.2, 0.25) is 0 Å². The number of amidine groups is 1. The molecule has 0 spiro atoms. The fourth-order valence-corrected chi connectivity index (χ4v) is 4.28. The van der Waals surface area contributed by atoms with E-state index in [1.807, 2.05) is 0 Å². The molecular weight excluding hydrogens is 364 g/mol. The van der Waals surface area contributed by atoms with Crippen LogP contribution in [0.15, 0.2) is 33.6 Å². The van der Waals surface area contributed by atoms with E-state index in [9.17, 15) is 13.2 Å². The Kier molecular flexibility index (Phi) is 6.42. The maximum atomic E-state index is 12.1. The first kappa shape index (κ1) is 19.7. The van der Waals surface area contributed by atoms with Gasteiger partial charge in [-0.1, -0.05) is 12.1 Å². The summed E-state index contributed by atoms with van der Waals surface area (Å²) in [5.74, 6) is 0.490. The number of nitrogens with zero attached hydrogens (tertiary/aromatic N) is 2. The molecule has 1 fully saturated rings. The fraction of sp³-hybridized carbons (Fsp3) is 0.500. The van der Waals surface area contributed by atoms with Gasteiger partial charge in [0.05, 0.1) is 0 Å². The molecule has 1 saturated heterocycles. The first-order valence-corrected chi connectivity index (χ1v) is 9.57. The normalized spacial score (nSPS) is 20.4. The van der Waals surface area contributed by atoms with E-state index < -0.39 is 10.0 Å². The average molecular weight is 387 g/mol. The summed E-state index contributed by atoms with van der Waals surface area (Å²) < 4.78 is 28.0. The summed E-state index contributed by atoms with van der Waals surface area (Å²) in [6.07, 6.45) is 2.03. The lowest BCUT2D eigenvalue weighted by molar-refractivity contribution is -0.121. The van der Waals surface area contributed by atoms with Crippen molar-refractivity contribution in [1.82, 2.24) is 15.5 Å². The van der Waals surface area contributed by atoms with Crippen molar-refractivity contribution in [3.8, 4) is 0 Å². The topological polar surface area (TPSA) is 90.9 Å². The number of sulfonamides is 1. The lowest BCUT2D eigenvalue weighted by Gasteiger charge is -2.19. The van der Waals surface area contributed by atoms with E-state index in [0.29, 0.717) is 30.8 Å². The molecule has 1 unspecified atom stereocenters. The number of rotatable bonds is 5. The Labute approximate surface area is 154 Å². The highest BCUT2D eigenvalue weighted by Gasteiger charge is 2.30. The van der Waals surface area contributed by atoms with Gasteiger partial charge in [-0.15, -0.1) is 16.8 Å². The third kappa shape index (κ3) is 4.50. The number of carbonyl (C=O) groups is 1. The summed E-state index contributed by atoms with van der Waals surface area (Å²) in [6.45, 7) is 2.34. The molecule has 1 aromatic rings. The van der Waals surface area contributed by atoms with Gasteiger partial charge >= 0.3 is 0 Å². The molecule has 1 aromatic carbocycles. The maximum absolute atomic E-state index is 12.1. The van der Waals surface area contributed by atoms with Crippen molar-refractivity contribution in [3.63, 3.8) is 0 Å². The zero-order valence-electron chi connectivity index (χ0n) is 14.1. The van der Waals surface area contributed by atoms with Gasteiger partial charge in [0.1, 0.15) is 10.7 Å². The van der Waals surface area contributed by atoms with Crippen LogP contribution in [-0.4, -0.2) is 57.8 Å². The second kappa shape index (κ2) is 8.16. The molecule has 2 aliphatic rings. The third-order valence-corrected chi connectivity index (χ3v) is 5.62. The molecule has 9 heteroatoms. The van der Waals surface area contributed by atoms with Gasteiger partial charge in [-0.3, -0.25) is 4.79 Å². The van der Waals surface area contributed by atoms with Crippen molar-refractivity contribution in [2.24, 2.45) is 4.40 Å². The molecule has 0 radical (unpaired) electrons.